The number of benzene rings is 2. The molecule has 0 saturated heterocycles. The van der Waals surface area contributed by atoms with E-state index in [1.807, 2.05) is 24.3 Å². The van der Waals surface area contributed by atoms with Crippen LogP contribution in [-0.2, 0) is 16.0 Å². The number of aryl methyl sites for hydroxylation is 2. The van der Waals surface area contributed by atoms with E-state index in [2.05, 4.69) is 5.32 Å². The van der Waals surface area contributed by atoms with Crippen LogP contribution in [0.25, 0.3) is 0 Å². The van der Waals surface area contributed by atoms with Crippen molar-refractivity contribution in [2.45, 2.75) is 26.2 Å². The highest BCUT2D eigenvalue weighted by atomic mass is 19.1. The van der Waals surface area contributed by atoms with Crippen molar-refractivity contribution in [3.63, 3.8) is 0 Å². The highest BCUT2D eigenvalue weighted by Crippen LogP contribution is 2.26. The monoisotopic (exact) mass is 326 g/mol. The fraction of sp³-hybridized carbons (Fsp3) is 0.263. The quantitative estimate of drug-likeness (QED) is 0.939. The predicted octanol–water partition coefficient (Wildman–Crippen LogP) is 3.44. The third-order valence-electron chi connectivity index (χ3n) is 4.18. The molecule has 4 nitrogen and oxygen atoms in total. The van der Waals surface area contributed by atoms with Gasteiger partial charge in [-0.25, -0.2) is 4.39 Å². The maximum Gasteiger partial charge on any atom is 0.244 e. The Morgan fingerprint density at radius 2 is 2.00 bits per heavy atom. The number of carbonyl (C=O) groups excluding carboxylic acids is 2. The third-order valence-corrected chi connectivity index (χ3v) is 4.18. The van der Waals surface area contributed by atoms with Gasteiger partial charge in [0.1, 0.15) is 12.4 Å². The summed E-state index contributed by atoms with van der Waals surface area (Å²) in [4.78, 5) is 26.3. The van der Waals surface area contributed by atoms with Gasteiger partial charge in [-0.05, 0) is 55.2 Å². The zero-order chi connectivity index (χ0) is 17.1. The van der Waals surface area contributed by atoms with Crippen LogP contribution in [0.15, 0.2) is 42.5 Å². The summed E-state index contributed by atoms with van der Waals surface area (Å²) in [5.74, 6) is -0.692. The van der Waals surface area contributed by atoms with Crippen LogP contribution in [0.3, 0.4) is 0 Å². The van der Waals surface area contributed by atoms with Crippen LogP contribution >= 0.6 is 0 Å². The van der Waals surface area contributed by atoms with Gasteiger partial charge in [-0.1, -0.05) is 18.2 Å². The van der Waals surface area contributed by atoms with Gasteiger partial charge in [0.2, 0.25) is 11.8 Å². The molecule has 3 rings (SSSR count). The number of nitrogens with one attached hydrogen (secondary N) is 1. The average molecular weight is 326 g/mol. The Balaban J connectivity index is 1.79. The van der Waals surface area contributed by atoms with Gasteiger partial charge in [-0.3, -0.25) is 9.59 Å². The SMILES string of the molecule is Cc1cc(F)ccc1NC(=O)CN1C(=O)CCCc2ccccc21. The second-order valence-corrected chi connectivity index (χ2v) is 5.97. The van der Waals surface area contributed by atoms with Gasteiger partial charge in [-0.2, -0.15) is 0 Å². The molecule has 0 bridgehead atoms. The minimum absolute atomic E-state index is 0.0489. The fourth-order valence-electron chi connectivity index (χ4n) is 2.96. The summed E-state index contributed by atoms with van der Waals surface area (Å²) in [6.07, 6.45) is 2.04. The lowest BCUT2D eigenvalue weighted by molar-refractivity contribution is -0.121. The van der Waals surface area contributed by atoms with E-state index in [-0.39, 0.29) is 24.2 Å². The molecule has 2 aromatic rings. The number of fused-ring (bicyclic) bond motifs is 1. The molecule has 0 spiro atoms. The molecular formula is C19H19FN2O2. The minimum Gasteiger partial charge on any atom is -0.324 e. The standard InChI is InChI=1S/C19H19FN2O2/c1-13-11-15(20)9-10-16(13)21-18(23)12-22-17-7-3-2-5-14(17)6-4-8-19(22)24/h2-3,5,7,9-11H,4,6,8,12H2,1H3,(H,21,23). The van der Waals surface area contributed by atoms with Crippen LogP contribution in [0.4, 0.5) is 15.8 Å². The maximum atomic E-state index is 13.2. The number of rotatable bonds is 3. The fourth-order valence-corrected chi connectivity index (χ4v) is 2.96. The molecular weight excluding hydrogens is 307 g/mol. The predicted molar refractivity (Wildman–Crippen MR) is 91.5 cm³/mol. The van der Waals surface area contributed by atoms with E-state index in [4.69, 9.17) is 0 Å². The first-order chi connectivity index (χ1) is 11.5. The topological polar surface area (TPSA) is 49.4 Å². The van der Waals surface area contributed by atoms with Gasteiger partial charge in [-0.15, -0.1) is 0 Å². The Bertz CT molecular complexity index is 789. The van der Waals surface area contributed by atoms with E-state index in [0.717, 1.165) is 24.1 Å². The van der Waals surface area contributed by atoms with Gasteiger partial charge in [0, 0.05) is 17.8 Å². The van der Waals surface area contributed by atoms with Gasteiger partial charge < -0.3 is 10.2 Å². The number of hydrogen-bond donors (Lipinski definition) is 1. The first-order valence-electron chi connectivity index (χ1n) is 7.99. The highest BCUT2D eigenvalue weighted by molar-refractivity contribution is 6.03. The van der Waals surface area contributed by atoms with E-state index in [9.17, 15) is 14.0 Å². The summed E-state index contributed by atoms with van der Waals surface area (Å²) in [5.41, 5.74) is 3.07. The zero-order valence-electron chi connectivity index (χ0n) is 13.5. The summed E-state index contributed by atoms with van der Waals surface area (Å²) in [6.45, 7) is 1.68. The van der Waals surface area contributed by atoms with E-state index in [0.29, 0.717) is 17.7 Å². The molecule has 0 aromatic heterocycles. The molecule has 2 aromatic carbocycles. The normalized spacial score (nSPS) is 14.1. The molecule has 1 aliphatic heterocycles. The summed E-state index contributed by atoms with van der Waals surface area (Å²) in [5, 5.41) is 2.76. The molecule has 1 N–H and O–H groups in total. The minimum atomic E-state index is -0.345. The van der Waals surface area contributed by atoms with E-state index in [1.165, 1.54) is 23.1 Å². The van der Waals surface area contributed by atoms with Crippen LogP contribution < -0.4 is 10.2 Å². The van der Waals surface area contributed by atoms with Crippen molar-refractivity contribution in [2.24, 2.45) is 0 Å². The number of nitrogens with zero attached hydrogens (tertiary/aromatic N) is 1. The summed E-state index contributed by atoms with van der Waals surface area (Å²) < 4.78 is 13.2. The number of para-hydroxylation sites is 1. The van der Waals surface area contributed by atoms with Crippen LogP contribution in [-0.4, -0.2) is 18.4 Å². The van der Waals surface area contributed by atoms with Gasteiger partial charge in [0.15, 0.2) is 0 Å². The molecule has 0 radical (unpaired) electrons. The maximum absolute atomic E-state index is 13.2. The number of halogens is 1. The molecule has 0 unspecified atom stereocenters. The van der Waals surface area contributed by atoms with Crippen molar-refractivity contribution < 1.29 is 14.0 Å². The molecule has 2 amide bonds. The molecule has 124 valence electrons. The van der Waals surface area contributed by atoms with Gasteiger partial charge in [0.25, 0.3) is 0 Å². The first-order valence-corrected chi connectivity index (χ1v) is 7.99. The van der Waals surface area contributed by atoms with E-state index in [1.54, 1.807) is 6.92 Å². The number of carbonyl (C=O) groups is 2. The summed E-state index contributed by atoms with van der Waals surface area (Å²) >= 11 is 0. The lowest BCUT2D eigenvalue weighted by Gasteiger charge is -2.22. The first kappa shape index (κ1) is 16.2. The van der Waals surface area contributed by atoms with Gasteiger partial charge >= 0.3 is 0 Å². The lowest BCUT2D eigenvalue weighted by atomic mass is 10.1. The molecule has 5 heteroatoms. The Hall–Kier alpha value is -2.69. The van der Waals surface area contributed by atoms with Crippen LogP contribution in [0.2, 0.25) is 0 Å². The Morgan fingerprint density at radius 3 is 2.79 bits per heavy atom. The number of amides is 2. The van der Waals surface area contributed by atoms with Crippen molar-refractivity contribution in [3.05, 3.63) is 59.4 Å². The third kappa shape index (κ3) is 3.45. The zero-order valence-corrected chi connectivity index (χ0v) is 13.5. The second kappa shape index (κ2) is 6.83. The highest BCUT2D eigenvalue weighted by Gasteiger charge is 2.24. The molecule has 24 heavy (non-hydrogen) atoms. The van der Waals surface area contributed by atoms with Crippen molar-refractivity contribution in [1.82, 2.24) is 0 Å². The van der Waals surface area contributed by atoms with Crippen molar-refractivity contribution in [1.29, 1.82) is 0 Å². The van der Waals surface area contributed by atoms with E-state index >= 15 is 0 Å². The van der Waals surface area contributed by atoms with Crippen molar-refractivity contribution in [2.75, 3.05) is 16.8 Å². The van der Waals surface area contributed by atoms with E-state index < -0.39 is 0 Å². The van der Waals surface area contributed by atoms with Gasteiger partial charge in [0.05, 0.1) is 0 Å². The van der Waals surface area contributed by atoms with Crippen molar-refractivity contribution in [3.8, 4) is 0 Å². The van der Waals surface area contributed by atoms with Crippen LogP contribution in [0.1, 0.15) is 24.0 Å². The molecule has 0 aliphatic carbocycles. The van der Waals surface area contributed by atoms with Crippen LogP contribution in [0.5, 0.6) is 0 Å². The average Bonchev–Trinajstić information content (AvgIpc) is 2.70. The second-order valence-electron chi connectivity index (χ2n) is 5.97. The lowest BCUT2D eigenvalue weighted by Crippen LogP contribution is -2.37. The summed E-state index contributed by atoms with van der Waals surface area (Å²) in [6, 6.07) is 11.9. The number of anilines is 2. The largest absolute Gasteiger partial charge is 0.324 e. The molecule has 1 heterocycles. The molecule has 0 fully saturated rings. The Labute approximate surface area is 140 Å². The van der Waals surface area contributed by atoms with Crippen LogP contribution in [0, 0.1) is 12.7 Å². The number of hydrogen-bond acceptors (Lipinski definition) is 2. The van der Waals surface area contributed by atoms with Crippen molar-refractivity contribution >= 4 is 23.2 Å². The smallest absolute Gasteiger partial charge is 0.244 e. The molecule has 0 saturated carbocycles. The Morgan fingerprint density at radius 1 is 1.21 bits per heavy atom. The Kier molecular flexibility index (Phi) is 4.60. The molecule has 0 atom stereocenters. The molecule has 1 aliphatic rings. The summed E-state index contributed by atoms with van der Waals surface area (Å²) in [7, 11) is 0.